The number of carbonyl (C=O) groups is 1. The van der Waals surface area contributed by atoms with Gasteiger partial charge in [-0.05, 0) is 33.2 Å². The number of likely N-dealkylation sites (N-methyl/N-ethyl adjacent to an activating group) is 1. The summed E-state index contributed by atoms with van der Waals surface area (Å²) in [6, 6.07) is -0.372. The van der Waals surface area contributed by atoms with Crippen molar-refractivity contribution in [3.8, 4) is 0 Å². The van der Waals surface area contributed by atoms with E-state index in [0.717, 1.165) is 19.5 Å². The minimum Gasteiger partial charge on any atom is -0.342 e. The molecule has 0 aromatic rings. The van der Waals surface area contributed by atoms with E-state index in [9.17, 15) is 4.79 Å². The second-order valence-corrected chi connectivity index (χ2v) is 3.05. The van der Waals surface area contributed by atoms with Crippen molar-refractivity contribution in [3.63, 3.8) is 0 Å². The third-order valence-corrected chi connectivity index (χ3v) is 2.11. The van der Waals surface area contributed by atoms with Gasteiger partial charge in [0.15, 0.2) is 0 Å². The summed E-state index contributed by atoms with van der Waals surface area (Å²) in [7, 11) is 0. The van der Waals surface area contributed by atoms with E-state index < -0.39 is 0 Å². The molecule has 0 spiro atoms. The average molecular weight is 187 g/mol. The first kappa shape index (κ1) is 12.4. The molecule has 0 aliphatic heterocycles. The molecule has 0 saturated heterocycles. The number of amides is 1. The van der Waals surface area contributed by atoms with Crippen molar-refractivity contribution in [1.29, 1.82) is 0 Å². The van der Waals surface area contributed by atoms with Gasteiger partial charge in [0.25, 0.3) is 0 Å². The summed E-state index contributed by atoms with van der Waals surface area (Å²) in [5.74, 6) is 0.0402. The molecule has 0 aliphatic carbocycles. The van der Waals surface area contributed by atoms with Gasteiger partial charge in [0, 0.05) is 13.1 Å². The SMILES string of the molecule is CCN(CC)C(=O)C(N)CCCN. The van der Waals surface area contributed by atoms with Crippen molar-refractivity contribution in [2.24, 2.45) is 11.5 Å². The minimum absolute atomic E-state index is 0.0402. The molecule has 1 amide bonds. The van der Waals surface area contributed by atoms with Gasteiger partial charge in [0.05, 0.1) is 6.04 Å². The van der Waals surface area contributed by atoms with Gasteiger partial charge in [-0.15, -0.1) is 0 Å². The molecule has 0 fully saturated rings. The van der Waals surface area contributed by atoms with E-state index in [0.29, 0.717) is 13.0 Å². The van der Waals surface area contributed by atoms with Crippen LogP contribution in [0.25, 0.3) is 0 Å². The first-order valence-corrected chi connectivity index (χ1v) is 4.91. The van der Waals surface area contributed by atoms with Crippen molar-refractivity contribution in [3.05, 3.63) is 0 Å². The van der Waals surface area contributed by atoms with E-state index in [2.05, 4.69) is 0 Å². The first-order chi connectivity index (χ1) is 6.17. The van der Waals surface area contributed by atoms with Gasteiger partial charge < -0.3 is 16.4 Å². The molecule has 0 rings (SSSR count). The van der Waals surface area contributed by atoms with Gasteiger partial charge in [-0.3, -0.25) is 4.79 Å². The van der Waals surface area contributed by atoms with Crippen LogP contribution in [-0.4, -0.2) is 36.5 Å². The molecule has 4 nitrogen and oxygen atoms in total. The Labute approximate surface area is 80.3 Å². The Balaban J connectivity index is 3.92. The van der Waals surface area contributed by atoms with Crippen LogP contribution in [0.2, 0.25) is 0 Å². The summed E-state index contributed by atoms with van der Waals surface area (Å²) in [4.78, 5) is 13.3. The predicted molar refractivity (Wildman–Crippen MR) is 54.2 cm³/mol. The van der Waals surface area contributed by atoms with E-state index in [1.165, 1.54) is 0 Å². The summed E-state index contributed by atoms with van der Waals surface area (Å²) < 4.78 is 0. The van der Waals surface area contributed by atoms with E-state index in [1.807, 2.05) is 13.8 Å². The van der Waals surface area contributed by atoms with Gasteiger partial charge in [0.2, 0.25) is 5.91 Å². The minimum atomic E-state index is -0.372. The number of rotatable bonds is 6. The number of nitrogens with two attached hydrogens (primary N) is 2. The van der Waals surface area contributed by atoms with Crippen molar-refractivity contribution < 1.29 is 4.79 Å². The summed E-state index contributed by atoms with van der Waals surface area (Å²) in [5.41, 5.74) is 11.0. The Morgan fingerprint density at radius 3 is 2.31 bits per heavy atom. The number of hydrogen-bond acceptors (Lipinski definition) is 3. The fourth-order valence-electron chi connectivity index (χ4n) is 1.23. The summed E-state index contributed by atoms with van der Waals surface area (Å²) in [5, 5.41) is 0. The highest BCUT2D eigenvalue weighted by Gasteiger charge is 2.17. The first-order valence-electron chi connectivity index (χ1n) is 4.91. The van der Waals surface area contributed by atoms with Crippen LogP contribution < -0.4 is 11.5 Å². The van der Waals surface area contributed by atoms with Gasteiger partial charge in [0.1, 0.15) is 0 Å². The number of hydrogen-bond donors (Lipinski definition) is 2. The summed E-state index contributed by atoms with van der Waals surface area (Å²) in [6.45, 7) is 5.96. The predicted octanol–water partition coefficient (Wildman–Crippen LogP) is -0.0790. The highest BCUT2D eigenvalue weighted by molar-refractivity contribution is 5.81. The molecule has 0 bridgehead atoms. The molecule has 13 heavy (non-hydrogen) atoms. The fraction of sp³-hybridized carbons (Fsp3) is 0.889. The summed E-state index contributed by atoms with van der Waals surface area (Å²) >= 11 is 0. The third kappa shape index (κ3) is 4.24. The molecular formula is C9H21N3O. The van der Waals surface area contributed by atoms with Gasteiger partial charge in [-0.25, -0.2) is 0 Å². The zero-order valence-electron chi connectivity index (χ0n) is 8.62. The molecule has 0 aliphatic rings. The second-order valence-electron chi connectivity index (χ2n) is 3.05. The van der Waals surface area contributed by atoms with Crippen molar-refractivity contribution >= 4 is 5.91 Å². The van der Waals surface area contributed by atoms with Gasteiger partial charge >= 0.3 is 0 Å². The Bertz CT molecular complexity index is 146. The van der Waals surface area contributed by atoms with Crippen LogP contribution in [0.1, 0.15) is 26.7 Å². The van der Waals surface area contributed by atoms with Gasteiger partial charge in [-0.1, -0.05) is 0 Å². The van der Waals surface area contributed by atoms with Crippen LogP contribution in [0, 0.1) is 0 Å². The lowest BCUT2D eigenvalue weighted by Gasteiger charge is -2.22. The Kier molecular flexibility index (Phi) is 6.54. The lowest BCUT2D eigenvalue weighted by Crippen LogP contribution is -2.43. The van der Waals surface area contributed by atoms with Crippen LogP contribution in [-0.2, 0) is 4.79 Å². The third-order valence-electron chi connectivity index (χ3n) is 2.11. The molecule has 4 N–H and O–H groups in total. The van der Waals surface area contributed by atoms with Crippen molar-refractivity contribution in [2.75, 3.05) is 19.6 Å². The molecule has 1 atom stereocenters. The molecule has 0 heterocycles. The lowest BCUT2D eigenvalue weighted by atomic mass is 10.1. The molecule has 0 aromatic carbocycles. The van der Waals surface area contributed by atoms with Crippen LogP contribution in [0.3, 0.4) is 0 Å². The maximum atomic E-state index is 11.6. The topological polar surface area (TPSA) is 72.3 Å². The Morgan fingerprint density at radius 2 is 1.92 bits per heavy atom. The highest BCUT2D eigenvalue weighted by Crippen LogP contribution is 1.99. The second kappa shape index (κ2) is 6.86. The molecule has 1 unspecified atom stereocenters. The van der Waals surface area contributed by atoms with Crippen LogP contribution >= 0.6 is 0 Å². The molecular weight excluding hydrogens is 166 g/mol. The molecule has 78 valence electrons. The largest absolute Gasteiger partial charge is 0.342 e. The molecule has 0 saturated carbocycles. The normalized spacial score (nSPS) is 12.6. The van der Waals surface area contributed by atoms with Crippen LogP contribution in [0.5, 0.6) is 0 Å². The highest BCUT2D eigenvalue weighted by atomic mass is 16.2. The number of carbonyl (C=O) groups excluding carboxylic acids is 1. The van der Waals surface area contributed by atoms with Gasteiger partial charge in [-0.2, -0.15) is 0 Å². The number of nitrogens with zero attached hydrogens (tertiary/aromatic N) is 1. The lowest BCUT2D eigenvalue weighted by molar-refractivity contribution is -0.132. The van der Waals surface area contributed by atoms with Crippen LogP contribution in [0.4, 0.5) is 0 Å². The zero-order chi connectivity index (χ0) is 10.3. The molecule has 4 heteroatoms. The Morgan fingerprint density at radius 1 is 1.38 bits per heavy atom. The fourth-order valence-corrected chi connectivity index (χ4v) is 1.23. The zero-order valence-corrected chi connectivity index (χ0v) is 8.62. The Hall–Kier alpha value is -0.610. The van der Waals surface area contributed by atoms with E-state index in [1.54, 1.807) is 4.90 Å². The van der Waals surface area contributed by atoms with E-state index in [-0.39, 0.29) is 11.9 Å². The molecule has 0 radical (unpaired) electrons. The van der Waals surface area contributed by atoms with E-state index >= 15 is 0 Å². The average Bonchev–Trinajstić information content (AvgIpc) is 2.15. The van der Waals surface area contributed by atoms with E-state index in [4.69, 9.17) is 11.5 Å². The molecule has 0 aromatic heterocycles. The monoisotopic (exact) mass is 187 g/mol. The summed E-state index contributed by atoms with van der Waals surface area (Å²) in [6.07, 6.45) is 1.50. The van der Waals surface area contributed by atoms with Crippen molar-refractivity contribution in [2.45, 2.75) is 32.7 Å². The quantitative estimate of drug-likeness (QED) is 0.611. The van der Waals surface area contributed by atoms with Crippen molar-refractivity contribution in [1.82, 2.24) is 4.90 Å². The maximum Gasteiger partial charge on any atom is 0.239 e. The standard InChI is InChI=1S/C9H21N3O/c1-3-12(4-2)9(13)8(11)6-5-7-10/h8H,3-7,10-11H2,1-2H3. The maximum absolute atomic E-state index is 11.6. The smallest absolute Gasteiger partial charge is 0.239 e. The van der Waals surface area contributed by atoms with Crippen LogP contribution in [0.15, 0.2) is 0 Å².